The Kier molecular flexibility index (Phi) is 11.2. The van der Waals surface area contributed by atoms with Crippen LogP contribution in [-0.4, -0.2) is 84.8 Å². The molecule has 0 atom stereocenters. The summed E-state index contributed by atoms with van der Waals surface area (Å²) in [6.07, 6.45) is 6.63. The van der Waals surface area contributed by atoms with Crippen molar-refractivity contribution in [1.82, 2.24) is 9.80 Å². The quantitative estimate of drug-likeness (QED) is 0.400. The van der Waals surface area contributed by atoms with Gasteiger partial charge in [0.25, 0.3) is 0 Å². The van der Waals surface area contributed by atoms with Crippen molar-refractivity contribution in [2.24, 2.45) is 5.92 Å². The molecular formula is C28H44N2O7. The maximum Gasteiger partial charge on any atom is 0.410 e. The topological polar surface area (TPSA) is 106 Å². The summed E-state index contributed by atoms with van der Waals surface area (Å²) in [5.41, 5.74) is -0.362. The van der Waals surface area contributed by atoms with Crippen molar-refractivity contribution in [2.75, 3.05) is 33.9 Å². The summed E-state index contributed by atoms with van der Waals surface area (Å²) >= 11 is 0. The summed E-state index contributed by atoms with van der Waals surface area (Å²) in [5.74, 6) is -0.169. The molecule has 9 nitrogen and oxygen atoms in total. The first kappa shape index (κ1) is 30.4. The van der Waals surface area contributed by atoms with Gasteiger partial charge in [-0.15, -0.1) is 0 Å². The molecule has 0 spiro atoms. The van der Waals surface area contributed by atoms with Crippen LogP contribution in [0.5, 0.6) is 11.5 Å². The molecule has 1 saturated heterocycles. The average molecular weight is 521 g/mol. The molecule has 0 unspecified atom stereocenters. The summed E-state index contributed by atoms with van der Waals surface area (Å²) in [7, 11) is 2.50. The Hall–Kier alpha value is -2.81. The highest BCUT2D eigenvalue weighted by atomic mass is 16.6. The largest absolute Gasteiger partial charge is 0.504 e. The highest BCUT2D eigenvalue weighted by Gasteiger charge is 2.32. The Morgan fingerprint density at radius 3 is 2.19 bits per heavy atom. The zero-order valence-corrected chi connectivity index (χ0v) is 23.4. The van der Waals surface area contributed by atoms with Gasteiger partial charge < -0.3 is 24.2 Å². The predicted molar refractivity (Wildman–Crippen MR) is 141 cm³/mol. The number of phenolic OH excluding ortho intramolecular Hbond substituents is 1. The van der Waals surface area contributed by atoms with E-state index in [0.29, 0.717) is 12.3 Å². The average Bonchev–Trinajstić information content (AvgIpc) is 2.81. The summed E-state index contributed by atoms with van der Waals surface area (Å²) in [4.78, 5) is 38.7. The number of nitrogens with zero attached hydrogens (tertiary/aromatic N) is 2. The zero-order valence-electron chi connectivity index (χ0n) is 23.4. The van der Waals surface area contributed by atoms with Crippen LogP contribution in [0.4, 0.5) is 4.79 Å². The van der Waals surface area contributed by atoms with Gasteiger partial charge >= 0.3 is 12.1 Å². The normalized spacial score (nSPS) is 16.5. The lowest BCUT2D eigenvalue weighted by Crippen LogP contribution is -2.49. The van der Waals surface area contributed by atoms with Crippen molar-refractivity contribution < 1.29 is 33.7 Å². The molecule has 1 N–H and O–H groups in total. The minimum absolute atomic E-state index is 0.0237. The number of phenols is 1. The number of aldehydes is 1. The van der Waals surface area contributed by atoms with Gasteiger partial charge in [-0.2, -0.15) is 0 Å². The Bertz CT molecular complexity index is 914. The van der Waals surface area contributed by atoms with E-state index < -0.39 is 11.6 Å². The fourth-order valence-electron chi connectivity index (χ4n) is 4.63. The lowest BCUT2D eigenvalue weighted by molar-refractivity contribution is 0.0128. The number of esters is 1. The number of hydrogen-bond acceptors (Lipinski definition) is 8. The number of carbonyl (C=O) groups excluding carboxylic acids is 3. The van der Waals surface area contributed by atoms with Crippen LogP contribution >= 0.6 is 0 Å². The SMILES string of the molecule is CC(C)N(CC1CCN(C(=O)OC(C)(C)C)CC1)C1CCC1.COC(=O)c1ccc(O)c(OC)c1C=O. The van der Waals surface area contributed by atoms with E-state index in [1.165, 1.54) is 52.2 Å². The fourth-order valence-corrected chi connectivity index (χ4v) is 4.63. The lowest BCUT2D eigenvalue weighted by atomic mass is 9.88. The minimum Gasteiger partial charge on any atom is -0.504 e. The molecule has 208 valence electrons. The predicted octanol–water partition coefficient (Wildman–Crippen LogP) is 4.90. The van der Waals surface area contributed by atoms with Gasteiger partial charge in [0.2, 0.25) is 0 Å². The van der Waals surface area contributed by atoms with Crippen molar-refractivity contribution >= 4 is 18.3 Å². The van der Waals surface area contributed by atoms with Crippen LogP contribution in [0.25, 0.3) is 0 Å². The number of aromatic hydroxyl groups is 1. The second-order valence-electron chi connectivity index (χ2n) is 11.0. The molecule has 1 aliphatic heterocycles. The smallest absolute Gasteiger partial charge is 0.410 e. The Morgan fingerprint density at radius 2 is 1.76 bits per heavy atom. The first-order chi connectivity index (χ1) is 17.4. The maximum atomic E-state index is 12.1. The third kappa shape index (κ3) is 8.62. The molecule has 9 heteroatoms. The minimum atomic E-state index is -0.657. The van der Waals surface area contributed by atoms with E-state index in [0.717, 1.165) is 37.9 Å². The van der Waals surface area contributed by atoms with Crippen molar-refractivity contribution in [3.63, 3.8) is 0 Å². The maximum absolute atomic E-state index is 12.1. The molecule has 0 aromatic heterocycles. The number of ether oxygens (including phenoxy) is 3. The second-order valence-corrected chi connectivity index (χ2v) is 11.0. The number of rotatable bonds is 7. The van der Waals surface area contributed by atoms with Crippen LogP contribution in [-0.2, 0) is 9.47 Å². The molecular weight excluding hydrogens is 476 g/mol. The van der Waals surface area contributed by atoms with E-state index in [4.69, 9.17) is 9.47 Å². The van der Waals surface area contributed by atoms with Crippen molar-refractivity contribution in [2.45, 2.75) is 84.4 Å². The van der Waals surface area contributed by atoms with Crippen LogP contribution < -0.4 is 4.74 Å². The first-order valence-corrected chi connectivity index (χ1v) is 13.1. The Balaban J connectivity index is 0.000000281. The number of amides is 1. The Morgan fingerprint density at radius 1 is 1.14 bits per heavy atom. The molecule has 37 heavy (non-hydrogen) atoms. The standard InChI is InChI=1S/C18H34N2O2.C10H10O5/c1-14(2)20(16-7-6-8-16)13-15-9-11-19(12-10-15)17(21)22-18(3,4)5;1-14-9-7(5-11)6(10(13)15-2)3-4-8(9)12/h14-16H,6-13H2,1-5H3;3-5,12H,1-2H3. The fraction of sp³-hybridized carbons (Fsp3) is 0.679. The third-order valence-corrected chi connectivity index (χ3v) is 6.84. The number of benzene rings is 1. The van der Waals surface area contributed by atoms with E-state index in [1.54, 1.807) is 0 Å². The summed E-state index contributed by atoms with van der Waals surface area (Å²) < 4.78 is 14.8. The molecule has 1 aromatic rings. The highest BCUT2D eigenvalue weighted by Crippen LogP contribution is 2.32. The van der Waals surface area contributed by atoms with Crippen LogP contribution in [0.3, 0.4) is 0 Å². The van der Waals surface area contributed by atoms with Crippen LogP contribution in [0, 0.1) is 5.92 Å². The van der Waals surface area contributed by atoms with Gasteiger partial charge in [0.15, 0.2) is 17.8 Å². The van der Waals surface area contributed by atoms with Gasteiger partial charge in [-0.25, -0.2) is 9.59 Å². The molecule has 1 aromatic carbocycles. The molecule has 2 fully saturated rings. The number of likely N-dealkylation sites (tertiary alicyclic amines) is 1. The number of methoxy groups -OCH3 is 2. The lowest BCUT2D eigenvalue weighted by Gasteiger charge is -2.43. The number of piperidine rings is 1. The van der Waals surface area contributed by atoms with Crippen molar-refractivity contribution in [1.29, 1.82) is 0 Å². The molecule has 1 aliphatic carbocycles. The summed E-state index contributed by atoms with van der Waals surface area (Å²) in [5, 5.41) is 9.37. The number of hydrogen-bond donors (Lipinski definition) is 1. The molecule has 1 amide bonds. The zero-order chi connectivity index (χ0) is 27.8. The van der Waals surface area contributed by atoms with Crippen molar-refractivity contribution in [3.8, 4) is 11.5 Å². The molecule has 1 heterocycles. The van der Waals surface area contributed by atoms with E-state index >= 15 is 0 Å². The van der Waals surface area contributed by atoms with E-state index in [-0.39, 0.29) is 28.7 Å². The summed E-state index contributed by atoms with van der Waals surface area (Å²) in [6, 6.07) is 4.00. The summed E-state index contributed by atoms with van der Waals surface area (Å²) in [6.45, 7) is 13.3. The molecule has 1 saturated carbocycles. The van der Waals surface area contributed by atoms with Crippen LogP contribution in [0.2, 0.25) is 0 Å². The van der Waals surface area contributed by atoms with Gasteiger partial charge in [-0.3, -0.25) is 9.69 Å². The van der Waals surface area contributed by atoms with Gasteiger partial charge in [-0.1, -0.05) is 6.42 Å². The molecule has 2 aliphatic rings. The van der Waals surface area contributed by atoms with E-state index in [2.05, 4.69) is 23.5 Å². The number of carbonyl (C=O) groups is 3. The highest BCUT2D eigenvalue weighted by molar-refractivity contribution is 6.00. The third-order valence-electron chi connectivity index (χ3n) is 6.84. The second kappa shape index (κ2) is 13.7. The molecule has 0 bridgehead atoms. The van der Waals surface area contributed by atoms with Gasteiger partial charge in [0.05, 0.1) is 25.3 Å². The first-order valence-electron chi connectivity index (χ1n) is 13.1. The van der Waals surface area contributed by atoms with Crippen LogP contribution in [0.15, 0.2) is 12.1 Å². The molecule has 3 rings (SSSR count). The van der Waals surface area contributed by atoms with Crippen LogP contribution in [0.1, 0.15) is 87.4 Å². The van der Waals surface area contributed by atoms with Gasteiger partial charge in [0, 0.05) is 31.7 Å². The Labute approximate surface area is 221 Å². The van der Waals surface area contributed by atoms with Crippen molar-refractivity contribution in [3.05, 3.63) is 23.3 Å². The van der Waals surface area contributed by atoms with Gasteiger partial charge in [-0.05, 0) is 78.4 Å². The monoisotopic (exact) mass is 520 g/mol. The van der Waals surface area contributed by atoms with E-state index in [1.807, 2.05) is 25.7 Å². The van der Waals surface area contributed by atoms with Gasteiger partial charge in [0.1, 0.15) is 5.60 Å². The van der Waals surface area contributed by atoms with E-state index in [9.17, 15) is 19.5 Å². The molecule has 0 radical (unpaired) electrons.